The summed E-state index contributed by atoms with van der Waals surface area (Å²) in [6.45, 7) is 3.91. The van der Waals surface area contributed by atoms with Crippen molar-refractivity contribution in [3.63, 3.8) is 0 Å². The number of nitro benzene ring substituents is 1. The van der Waals surface area contributed by atoms with Crippen LogP contribution in [-0.2, 0) is 14.8 Å². The number of carbonyl (C=O) groups is 1. The molecule has 2 rings (SSSR count). The van der Waals surface area contributed by atoms with Gasteiger partial charge >= 0.3 is 0 Å². The molecule has 0 bridgehead atoms. The predicted molar refractivity (Wildman–Crippen MR) is 109 cm³/mol. The van der Waals surface area contributed by atoms with E-state index in [1.165, 1.54) is 24.3 Å². The van der Waals surface area contributed by atoms with E-state index in [-0.39, 0.29) is 36.7 Å². The average molecular weight is 405 g/mol. The van der Waals surface area contributed by atoms with Crippen LogP contribution in [-0.4, -0.2) is 32.0 Å². The van der Waals surface area contributed by atoms with Crippen molar-refractivity contribution in [2.45, 2.75) is 26.7 Å². The lowest BCUT2D eigenvalue weighted by Crippen LogP contribution is -2.31. The van der Waals surface area contributed by atoms with Crippen molar-refractivity contribution >= 4 is 33.0 Å². The molecule has 0 heterocycles. The Labute approximate surface area is 164 Å². The summed E-state index contributed by atoms with van der Waals surface area (Å²) in [6, 6.07) is 11.1. The van der Waals surface area contributed by atoms with E-state index in [4.69, 9.17) is 0 Å². The highest BCUT2D eigenvalue weighted by Gasteiger charge is 2.19. The second-order valence-electron chi connectivity index (χ2n) is 6.64. The molecule has 0 radical (unpaired) electrons. The van der Waals surface area contributed by atoms with Crippen molar-refractivity contribution in [3.8, 4) is 0 Å². The van der Waals surface area contributed by atoms with Crippen LogP contribution in [0, 0.1) is 24.0 Å². The summed E-state index contributed by atoms with van der Waals surface area (Å²) in [4.78, 5) is 22.5. The molecule has 0 aliphatic heterocycles. The number of rotatable bonds is 8. The van der Waals surface area contributed by atoms with E-state index in [1.54, 1.807) is 0 Å². The van der Waals surface area contributed by atoms with Gasteiger partial charge in [0, 0.05) is 30.8 Å². The molecule has 8 nitrogen and oxygen atoms in total. The summed E-state index contributed by atoms with van der Waals surface area (Å²) >= 11 is 0. The zero-order valence-electron chi connectivity index (χ0n) is 16.0. The van der Waals surface area contributed by atoms with Gasteiger partial charge in [-0.1, -0.05) is 12.1 Å². The van der Waals surface area contributed by atoms with Gasteiger partial charge in [-0.2, -0.15) is 0 Å². The van der Waals surface area contributed by atoms with Gasteiger partial charge in [0.2, 0.25) is 15.9 Å². The maximum Gasteiger partial charge on any atom is 0.271 e. The minimum absolute atomic E-state index is 0.0419. The quantitative estimate of drug-likeness (QED) is 0.535. The molecule has 0 spiro atoms. The number of anilines is 2. The molecule has 1 N–H and O–H groups in total. The summed E-state index contributed by atoms with van der Waals surface area (Å²) < 4.78 is 25.3. The minimum Gasteiger partial charge on any atom is -0.326 e. The molecule has 0 aliphatic carbocycles. The summed E-state index contributed by atoms with van der Waals surface area (Å²) in [5, 5.41) is 13.7. The zero-order valence-corrected chi connectivity index (χ0v) is 16.8. The van der Waals surface area contributed by atoms with Gasteiger partial charge in [0.1, 0.15) is 0 Å². The highest BCUT2D eigenvalue weighted by Crippen LogP contribution is 2.23. The van der Waals surface area contributed by atoms with E-state index in [1.807, 2.05) is 32.0 Å². The molecule has 28 heavy (non-hydrogen) atoms. The molecular weight excluding hydrogens is 382 g/mol. The first-order valence-electron chi connectivity index (χ1n) is 8.66. The number of nitrogens with zero attached hydrogens (tertiary/aromatic N) is 2. The van der Waals surface area contributed by atoms with Crippen molar-refractivity contribution in [2.75, 3.05) is 22.4 Å². The van der Waals surface area contributed by atoms with Crippen LogP contribution in [0.4, 0.5) is 17.1 Å². The van der Waals surface area contributed by atoms with Gasteiger partial charge in [0.05, 0.1) is 16.9 Å². The fourth-order valence-corrected chi connectivity index (χ4v) is 3.86. The van der Waals surface area contributed by atoms with E-state index >= 15 is 0 Å². The molecule has 2 aromatic rings. The molecule has 0 saturated heterocycles. The minimum atomic E-state index is -3.65. The second kappa shape index (κ2) is 8.83. The van der Waals surface area contributed by atoms with Crippen LogP contribution in [0.15, 0.2) is 42.5 Å². The molecule has 9 heteroatoms. The van der Waals surface area contributed by atoms with Crippen molar-refractivity contribution in [3.05, 3.63) is 63.7 Å². The summed E-state index contributed by atoms with van der Waals surface area (Å²) in [5.74, 6) is -0.225. The Morgan fingerprint density at radius 3 is 2.36 bits per heavy atom. The lowest BCUT2D eigenvalue weighted by molar-refractivity contribution is -0.384. The third-order valence-corrected chi connectivity index (χ3v) is 5.19. The maximum absolute atomic E-state index is 12.2. The first-order chi connectivity index (χ1) is 13.1. The normalized spacial score (nSPS) is 11.1. The number of sulfonamides is 1. The highest BCUT2D eigenvalue weighted by molar-refractivity contribution is 7.92. The van der Waals surface area contributed by atoms with Crippen LogP contribution >= 0.6 is 0 Å². The first-order valence-corrected chi connectivity index (χ1v) is 10.5. The Morgan fingerprint density at radius 1 is 1.14 bits per heavy atom. The standard InChI is InChI=1S/C19H23N3O5S/c1-14-10-15(2)12-16(11-14)20-19(23)8-5-9-21(28(3,26)27)17-6-4-7-18(13-17)22(24)25/h4,6-7,10-13H,5,8-9H2,1-3H3,(H,20,23). The molecule has 0 fully saturated rings. The second-order valence-corrected chi connectivity index (χ2v) is 8.55. The van der Waals surface area contributed by atoms with Crippen LogP contribution in [0.2, 0.25) is 0 Å². The molecule has 0 saturated carbocycles. The number of aryl methyl sites for hydroxylation is 2. The number of hydrogen-bond donors (Lipinski definition) is 1. The largest absolute Gasteiger partial charge is 0.326 e. The number of hydrogen-bond acceptors (Lipinski definition) is 5. The smallest absolute Gasteiger partial charge is 0.271 e. The third-order valence-electron chi connectivity index (χ3n) is 4.00. The van der Waals surface area contributed by atoms with Crippen LogP contribution in [0.3, 0.4) is 0 Å². The molecule has 0 aliphatic rings. The molecule has 2 aromatic carbocycles. The number of nitrogens with one attached hydrogen (secondary N) is 1. The van der Waals surface area contributed by atoms with Crippen molar-refractivity contribution in [1.29, 1.82) is 0 Å². The Morgan fingerprint density at radius 2 is 1.79 bits per heavy atom. The van der Waals surface area contributed by atoms with Gasteiger partial charge < -0.3 is 5.32 Å². The highest BCUT2D eigenvalue weighted by atomic mass is 32.2. The van der Waals surface area contributed by atoms with E-state index in [0.717, 1.165) is 21.7 Å². The number of non-ortho nitro benzene ring substituents is 1. The molecule has 150 valence electrons. The lowest BCUT2D eigenvalue weighted by Gasteiger charge is -2.22. The van der Waals surface area contributed by atoms with Crippen LogP contribution in [0.25, 0.3) is 0 Å². The van der Waals surface area contributed by atoms with Gasteiger partial charge in [-0.15, -0.1) is 0 Å². The average Bonchev–Trinajstić information content (AvgIpc) is 2.56. The van der Waals surface area contributed by atoms with Crippen molar-refractivity contribution in [1.82, 2.24) is 0 Å². The van der Waals surface area contributed by atoms with Crippen LogP contribution in [0.5, 0.6) is 0 Å². The van der Waals surface area contributed by atoms with Gasteiger partial charge in [-0.05, 0) is 49.6 Å². The Bertz CT molecular complexity index is 969. The van der Waals surface area contributed by atoms with E-state index < -0.39 is 14.9 Å². The topological polar surface area (TPSA) is 110 Å². The van der Waals surface area contributed by atoms with Gasteiger partial charge in [0.25, 0.3) is 5.69 Å². The van der Waals surface area contributed by atoms with Gasteiger partial charge in [-0.25, -0.2) is 8.42 Å². The van der Waals surface area contributed by atoms with E-state index in [2.05, 4.69) is 5.32 Å². The van der Waals surface area contributed by atoms with Gasteiger partial charge in [-0.3, -0.25) is 19.2 Å². The predicted octanol–water partition coefficient (Wildman–Crippen LogP) is 3.40. The monoisotopic (exact) mass is 405 g/mol. The lowest BCUT2D eigenvalue weighted by atomic mass is 10.1. The number of benzene rings is 2. The first kappa shape index (κ1) is 21.4. The van der Waals surface area contributed by atoms with Crippen LogP contribution in [0.1, 0.15) is 24.0 Å². The fraction of sp³-hybridized carbons (Fsp3) is 0.316. The van der Waals surface area contributed by atoms with Crippen LogP contribution < -0.4 is 9.62 Å². The molecule has 1 amide bonds. The zero-order chi connectivity index (χ0) is 20.9. The van der Waals surface area contributed by atoms with E-state index in [0.29, 0.717) is 5.69 Å². The maximum atomic E-state index is 12.2. The summed E-state index contributed by atoms with van der Waals surface area (Å²) in [6.07, 6.45) is 1.42. The Balaban J connectivity index is 2.03. The Kier molecular flexibility index (Phi) is 6.74. The SMILES string of the molecule is Cc1cc(C)cc(NC(=O)CCCN(c2cccc([N+](=O)[O-])c2)S(C)(=O)=O)c1. The summed E-state index contributed by atoms with van der Waals surface area (Å²) in [7, 11) is -3.65. The van der Waals surface area contributed by atoms with Crippen molar-refractivity contribution in [2.24, 2.45) is 0 Å². The fourth-order valence-electron chi connectivity index (χ4n) is 2.90. The number of carbonyl (C=O) groups excluding carboxylic acids is 1. The molecule has 0 aromatic heterocycles. The van der Waals surface area contributed by atoms with E-state index in [9.17, 15) is 23.3 Å². The molecule has 0 unspecified atom stereocenters. The molecular formula is C19H23N3O5S. The van der Waals surface area contributed by atoms with Gasteiger partial charge in [0.15, 0.2) is 0 Å². The Hall–Kier alpha value is -2.94. The molecule has 0 atom stereocenters. The van der Waals surface area contributed by atoms with Crippen molar-refractivity contribution < 1.29 is 18.1 Å². The number of nitro groups is 1. The summed E-state index contributed by atoms with van der Waals surface area (Å²) in [5.41, 5.74) is 2.76. The number of amides is 1. The third kappa shape index (κ3) is 6.05.